The van der Waals surface area contributed by atoms with Gasteiger partial charge in [-0.15, -0.1) is 0 Å². The fraction of sp³-hybridized carbons (Fsp3) is 0.286. The monoisotopic (exact) mass is 470 g/mol. The van der Waals surface area contributed by atoms with Gasteiger partial charge in [-0.1, -0.05) is 30.3 Å². The van der Waals surface area contributed by atoms with E-state index in [4.69, 9.17) is 14.5 Å². The Balaban J connectivity index is 1.50. The smallest absolute Gasteiger partial charge is 0.339 e. The molecule has 2 aromatic carbocycles. The number of benzene rings is 2. The number of carbonyl (C=O) groups excluding carboxylic acids is 3. The van der Waals surface area contributed by atoms with Crippen LogP contribution < -0.4 is 4.74 Å². The summed E-state index contributed by atoms with van der Waals surface area (Å²) in [6, 6.07) is 15.3. The summed E-state index contributed by atoms with van der Waals surface area (Å²) < 4.78 is 10.7. The average Bonchev–Trinajstić information content (AvgIpc) is 3.32. The van der Waals surface area contributed by atoms with Crippen molar-refractivity contribution in [2.45, 2.75) is 32.1 Å². The summed E-state index contributed by atoms with van der Waals surface area (Å²) in [5.74, 6) is -0.472. The van der Waals surface area contributed by atoms with Crippen LogP contribution in [0.1, 0.15) is 52.9 Å². The lowest BCUT2D eigenvalue weighted by Crippen LogP contribution is -2.35. The second-order valence-electron chi connectivity index (χ2n) is 8.75. The molecule has 0 N–H and O–H groups in total. The zero-order valence-electron chi connectivity index (χ0n) is 19.6. The second-order valence-corrected chi connectivity index (χ2v) is 8.75. The van der Waals surface area contributed by atoms with Crippen molar-refractivity contribution in [3.8, 4) is 5.75 Å². The normalized spacial score (nSPS) is 16.4. The van der Waals surface area contributed by atoms with Crippen LogP contribution in [-0.2, 0) is 20.7 Å². The van der Waals surface area contributed by atoms with Crippen LogP contribution in [0.2, 0.25) is 0 Å². The van der Waals surface area contributed by atoms with E-state index in [-0.39, 0.29) is 5.91 Å². The summed E-state index contributed by atoms with van der Waals surface area (Å²) >= 11 is 0. The largest absolute Gasteiger partial charge is 0.497 e. The van der Waals surface area contributed by atoms with Gasteiger partial charge in [0.05, 0.1) is 23.9 Å². The van der Waals surface area contributed by atoms with Gasteiger partial charge in [0.15, 0.2) is 6.61 Å². The van der Waals surface area contributed by atoms with Crippen molar-refractivity contribution in [3.05, 3.63) is 70.9 Å². The topological polar surface area (TPSA) is 85.8 Å². The van der Waals surface area contributed by atoms with E-state index in [1.54, 1.807) is 7.11 Å². The van der Waals surface area contributed by atoms with Crippen LogP contribution in [0.5, 0.6) is 5.75 Å². The number of hydrogen-bond acceptors (Lipinski definition) is 6. The zero-order valence-corrected chi connectivity index (χ0v) is 19.6. The maximum Gasteiger partial charge on any atom is 0.339 e. The molecule has 1 saturated heterocycles. The van der Waals surface area contributed by atoms with Crippen LogP contribution in [-0.4, -0.2) is 47.9 Å². The van der Waals surface area contributed by atoms with Crippen molar-refractivity contribution in [3.63, 3.8) is 0 Å². The third-order valence-electron chi connectivity index (χ3n) is 6.53. The Kier molecular flexibility index (Phi) is 6.31. The van der Waals surface area contributed by atoms with Crippen molar-refractivity contribution in [1.29, 1.82) is 0 Å². The Bertz CT molecular complexity index is 1340. The number of fused-ring (bicyclic) bond motifs is 2. The summed E-state index contributed by atoms with van der Waals surface area (Å²) in [7, 11) is 1.64. The Labute approximate surface area is 203 Å². The number of nitrogens with zero attached hydrogens (tertiary/aromatic N) is 2. The number of para-hydroxylation sites is 1. The van der Waals surface area contributed by atoms with E-state index < -0.39 is 18.5 Å². The van der Waals surface area contributed by atoms with Crippen molar-refractivity contribution in [2.75, 3.05) is 20.3 Å². The van der Waals surface area contributed by atoms with Gasteiger partial charge < -0.3 is 9.47 Å². The van der Waals surface area contributed by atoms with Crippen LogP contribution in [0.4, 0.5) is 0 Å². The summed E-state index contributed by atoms with van der Waals surface area (Å²) in [5, 5.41) is 0.701. The van der Waals surface area contributed by atoms with E-state index in [9.17, 15) is 14.4 Å². The van der Waals surface area contributed by atoms with Gasteiger partial charge in [0, 0.05) is 18.4 Å². The Morgan fingerprint density at radius 1 is 1.03 bits per heavy atom. The first-order valence-electron chi connectivity index (χ1n) is 11.8. The molecule has 0 bridgehead atoms. The Morgan fingerprint density at radius 3 is 2.57 bits per heavy atom. The number of likely N-dealkylation sites (tertiary alicyclic amines) is 1. The Morgan fingerprint density at radius 2 is 1.83 bits per heavy atom. The number of hydrogen-bond donors (Lipinski definition) is 0. The number of pyridine rings is 1. The molecule has 35 heavy (non-hydrogen) atoms. The molecule has 2 amide bonds. The zero-order chi connectivity index (χ0) is 24.4. The molecular weight excluding hydrogens is 444 g/mol. The number of rotatable bonds is 5. The van der Waals surface area contributed by atoms with Crippen LogP contribution in [0.25, 0.3) is 22.6 Å². The maximum atomic E-state index is 13.3. The molecule has 0 unspecified atom stereocenters. The average molecular weight is 471 g/mol. The number of amides is 2. The van der Waals surface area contributed by atoms with Crippen molar-refractivity contribution in [1.82, 2.24) is 9.88 Å². The minimum Gasteiger partial charge on any atom is -0.497 e. The van der Waals surface area contributed by atoms with Gasteiger partial charge in [-0.25, -0.2) is 9.78 Å². The molecule has 1 aliphatic heterocycles. The van der Waals surface area contributed by atoms with Gasteiger partial charge in [0.25, 0.3) is 5.91 Å². The van der Waals surface area contributed by atoms with Gasteiger partial charge in [0.2, 0.25) is 5.91 Å². The fourth-order valence-corrected chi connectivity index (χ4v) is 4.80. The first-order chi connectivity index (χ1) is 17.0. The summed E-state index contributed by atoms with van der Waals surface area (Å²) in [6.45, 7) is -0.0765. The molecule has 0 radical (unpaired) electrons. The van der Waals surface area contributed by atoms with Gasteiger partial charge >= 0.3 is 5.97 Å². The molecule has 7 heteroatoms. The quantitative estimate of drug-likeness (QED) is 0.513. The lowest BCUT2D eigenvalue weighted by Gasteiger charge is -2.22. The van der Waals surface area contributed by atoms with E-state index in [0.717, 1.165) is 41.0 Å². The highest BCUT2D eigenvalue weighted by Crippen LogP contribution is 2.36. The van der Waals surface area contributed by atoms with E-state index in [1.807, 2.05) is 48.5 Å². The van der Waals surface area contributed by atoms with Crippen molar-refractivity contribution < 1.29 is 23.9 Å². The van der Waals surface area contributed by atoms with E-state index in [1.165, 1.54) is 4.90 Å². The first-order valence-corrected chi connectivity index (χ1v) is 11.8. The second kappa shape index (κ2) is 9.70. The lowest BCUT2D eigenvalue weighted by molar-refractivity contribution is -0.143. The standard InChI is InChI=1S/C28H26N2O5/c1-34-20-13-11-18(12-14-20)16-19-6-4-8-22-26(21-7-2-3-9-23(21)29-27(19)22)28(33)35-17-25(32)30-15-5-10-24(30)31/h2-3,7,9,11-14,16H,4-6,8,10,15,17H2,1H3/b19-16+. The molecule has 1 aliphatic carbocycles. The summed E-state index contributed by atoms with van der Waals surface area (Å²) in [5.41, 5.74) is 4.85. The molecule has 7 nitrogen and oxygen atoms in total. The molecular formula is C28H26N2O5. The number of carbonyl (C=O) groups is 3. The van der Waals surface area contributed by atoms with E-state index in [2.05, 4.69) is 6.08 Å². The molecule has 178 valence electrons. The van der Waals surface area contributed by atoms with Crippen LogP contribution in [0.3, 0.4) is 0 Å². The van der Waals surface area contributed by atoms with Crippen LogP contribution in [0, 0.1) is 0 Å². The van der Waals surface area contributed by atoms with Crippen molar-refractivity contribution in [2.24, 2.45) is 0 Å². The summed E-state index contributed by atoms with van der Waals surface area (Å²) in [4.78, 5) is 43.7. The molecule has 0 spiro atoms. The molecule has 0 saturated carbocycles. The predicted molar refractivity (Wildman–Crippen MR) is 132 cm³/mol. The third-order valence-corrected chi connectivity index (χ3v) is 6.53. The van der Waals surface area contributed by atoms with E-state index in [0.29, 0.717) is 42.3 Å². The van der Waals surface area contributed by atoms with Gasteiger partial charge in [-0.05, 0) is 66.7 Å². The predicted octanol–water partition coefficient (Wildman–Crippen LogP) is 4.43. The fourth-order valence-electron chi connectivity index (χ4n) is 4.80. The molecule has 2 heterocycles. The number of ether oxygens (including phenoxy) is 2. The highest BCUT2D eigenvalue weighted by atomic mass is 16.5. The number of esters is 1. The number of aromatic nitrogens is 1. The third kappa shape index (κ3) is 4.54. The SMILES string of the molecule is COc1ccc(/C=C2\CCCc3c2nc2ccccc2c3C(=O)OCC(=O)N2CCCC2=O)cc1. The Hall–Kier alpha value is -4.00. The number of imide groups is 1. The van der Waals surface area contributed by atoms with E-state index >= 15 is 0 Å². The highest BCUT2D eigenvalue weighted by Gasteiger charge is 2.29. The maximum absolute atomic E-state index is 13.3. The minimum atomic E-state index is -0.564. The van der Waals surface area contributed by atoms with Gasteiger partial charge in [0.1, 0.15) is 5.75 Å². The van der Waals surface area contributed by atoms with Crippen LogP contribution >= 0.6 is 0 Å². The minimum absolute atomic E-state index is 0.217. The van der Waals surface area contributed by atoms with Gasteiger partial charge in [-0.2, -0.15) is 0 Å². The molecule has 1 aromatic heterocycles. The highest BCUT2D eigenvalue weighted by molar-refractivity contribution is 6.07. The van der Waals surface area contributed by atoms with Crippen LogP contribution in [0.15, 0.2) is 48.5 Å². The molecule has 5 rings (SSSR count). The first kappa shape index (κ1) is 22.8. The number of methoxy groups -OCH3 is 1. The molecule has 3 aromatic rings. The lowest BCUT2D eigenvalue weighted by atomic mass is 9.86. The molecule has 0 atom stereocenters. The van der Waals surface area contributed by atoms with Crippen molar-refractivity contribution >= 4 is 40.3 Å². The molecule has 1 fully saturated rings. The summed E-state index contributed by atoms with van der Waals surface area (Å²) in [6.07, 6.45) is 5.49. The molecule has 2 aliphatic rings. The van der Waals surface area contributed by atoms with Gasteiger partial charge in [-0.3, -0.25) is 14.5 Å². The number of allylic oxidation sites excluding steroid dienone is 1.